The molecule has 1 aromatic carbocycles. The number of carbonyl (C=O) groups is 2. The Balaban J connectivity index is 0.00000211. The first-order valence-electron chi connectivity index (χ1n) is 6.63. The summed E-state index contributed by atoms with van der Waals surface area (Å²) in [6, 6.07) is 5.48. The molecule has 1 rings (SSSR count). The summed E-state index contributed by atoms with van der Waals surface area (Å²) >= 11 is 0. The lowest BCUT2D eigenvalue weighted by molar-refractivity contribution is -0.137. The van der Waals surface area contributed by atoms with E-state index >= 15 is 0 Å². The number of carboxylic acid groups (broad SMARTS) is 1. The van der Waals surface area contributed by atoms with E-state index in [9.17, 15) is 18.0 Å². The fraction of sp³-hybridized carbons (Fsp3) is 0.429. The summed E-state index contributed by atoms with van der Waals surface area (Å²) < 4.78 is 30.1. The van der Waals surface area contributed by atoms with Crippen molar-refractivity contribution in [3.63, 3.8) is 0 Å². The van der Waals surface area contributed by atoms with Gasteiger partial charge in [0, 0.05) is 0 Å². The third-order valence-electron chi connectivity index (χ3n) is 2.41. The molecule has 0 atom stereocenters. The average Bonchev–Trinajstić information content (AvgIpc) is 2.47. The van der Waals surface area contributed by atoms with Crippen LogP contribution >= 0.6 is 0 Å². The maximum absolute atomic E-state index is 12.3. The van der Waals surface area contributed by atoms with Crippen LogP contribution in [0.5, 0.6) is 5.75 Å². The highest BCUT2D eigenvalue weighted by atomic mass is 32.2. The Morgan fingerprint density at radius 3 is 2.00 bits per heavy atom. The molecule has 7 nitrogen and oxygen atoms in total. The molecule has 0 aromatic heterocycles. The van der Waals surface area contributed by atoms with Crippen molar-refractivity contribution in [1.82, 2.24) is 4.31 Å². The van der Waals surface area contributed by atoms with E-state index in [2.05, 4.69) is 0 Å². The zero-order chi connectivity index (χ0) is 17.3. The maximum atomic E-state index is 12.3. The number of hydrogen-bond donors (Lipinski definition) is 1. The Morgan fingerprint density at radius 2 is 1.64 bits per heavy atom. The molecule has 0 aliphatic rings. The molecule has 1 aromatic rings. The van der Waals surface area contributed by atoms with Gasteiger partial charge in [0.15, 0.2) is 0 Å². The number of hydrogen-bond acceptors (Lipinski definition) is 5. The molecule has 0 aliphatic heterocycles. The van der Waals surface area contributed by atoms with Crippen LogP contribution in [0, 0.1) is 0 Å². The summed E-state index contributed by atoms with van der Waals surface area (Å²) in [5.74, 6) is -1.30. The summed E-state index contributed by atoms with van der Waals surface area (Å²) in [4.78, 5) is 21.7. The number of methoxy groups -OCH3 is 1. The second-order valence-corrected chi connectivity index (χ2v) is 5.98. The highest BCUT2D eigenvalue weighted by Gasteiger charge is 2.27. The van der Waals surface area contributed by atoms with Gasteiger partial charge in [-0.25, -0.2) is 8.42 Å². The molecule has 0 aliphatic carbocycles. The SMILES string of the molecule is CC.COc1ccc(S(=O)(=O)N(CC(C)=O)CC(=O)O)cc1. The molecule has 0 fully saturated rings. The summed E-state index contributed by atoms with van der Waals surface area (Å²) in [5, 5.41) is 8.75. The van der Waals surface area contributed by atoms with Gasteiger partial charge in [-0.05, 0) is 31.2 Å². The Bertz CT molecular complexity index is 578. The molecule has 22 heavy (non-hydrogen) atoms. The largest absolute Gasteiger partial charge is 0.497 e. The number of nitrogens with zero attached hydrogens (tertiary/aromatic N) is 1. The van der Waals surface area contributed by atoms with Gasteiger partial charge in [0.1, 0.15) is 18.1 Å². The lowest BCUT2D eigenvalue weighted by Crippen LogP contribution is -2.38. The minimum Gasteiger partial charge on any atom is -0.497 e. The van der Waals surface area contributed by atoms with E-state index in [1.54, 1.807) is 0 Å². The van der Waals surface area contributed by atoms with Crippen LogP contribution in [0.1, 0.15) is 20.8 Å². The fourth-order valence-corrected chi connectivity index (χ4v) is 2.93. The van der Waals surface area contributed by atoms with Crippen molar-refractivity contribution in [3.05, 3.63) is 24.3 Å². The van der Waals surface area contributed by atoms with Crippen molar-refractivity contribution in [2.45, 2.75) is 25.7 Å². The quantitative estimate of drug-likeness (QED) is 0.810. The molecule has 0 amide bonds. The van der Waals surface area contributed by atoms with Crippen molar-refractivity contribution in [2.24, 2.45) is 0 Å². The standard InChI is InChI=1S/C12H15NO6S.C2H6/c1-9(14)7-13(8-12(15)16)20(17,18)11-5-3-10(19-2)4-6-11;1-2/h3-6H,7-8H2,1-2H3,(H,15,16);1-2H3. The van der Waals surface area contributed by atoms with Crippen LogP contribution in [-0.4, -0.2) is 49.8 Å². The number of aliphatic carboxylic acids is 1. The zero-order valence-corrected chi connectivity index (χ0v) is 13.9. The number of sulfonamides is 1. The molecule has 0 saturated carbocycles. The minimum absolute atomic E-state index is 0.0965. The van der Waals surface area contributed by atoms with Gasteiger partial charge in [-0.3, -0.25) is 9.59 Å². The Morgan fingerprint density at radius 1 is 1.14 bits per heavy atom. The molecule has 1 N–H and O–H groups in total. The average molecular weight is 331 g/mol. The first-order valence-corrected chi connectivity index (χ1v) is 8.07. The van der Waals surface area contributed by atoms with Crippen molar-refractivity contribution < 1.29 is 27.9 Å². The first-order chi connectivity index (χ1) is 10.3. The lowest BCUT2D eigenvalue weighted by atomic mass is 10.3. The van der Waals surface area contributed by atoms with Gasteiger partial charge < -0.3 is 9.84 Å². The molecule has 0 unspecified atom stereocenters. The van der Waals surface area contributed by atoms with E-state index in [4.69, 9.17) is 9.84 Å². The summed E-state index contributed by atoms with van der Waals surface area (Å²) in [6.07, 6.45) is 0. The Labute approximate surface area is 130 Å². The zero-order valence-electron chi connectivity index (χ0n) is 13.1. The van der Waals surface area contributed by atoms with Crippen LogP contribution in [-0.2, 0) is 19.6 Å². The van der Waals surface area contributed by atoms with E-state index in [1.165, 1.54) is 38.3 Å². The van der Waals surface area contributed by atoms with Crippen molar-refractivity contribution in [2.75, 3.05) is 20.2 Å². The monoisotopic (exact) mass is 331 g/mol. The summed E-state index contributed by atoms with van der Waals surface area (Å²) in [5.41, 5.74) is 0. The topological polar surface area (TPSA) is 101 Å². The fourth-order valence-electron chi connectivity index (χ4n) is 1.52. The highest BCUT2D eigenvalue weighted by molar-refractivity contribution is 7.89. The second kappa shape index (κ2) is 9.16. The van der Waals surface area contributed by atoms with Crippen LogP contribution in [0.25, 0.3) is 0 Å². The van der Waals surface area contributed by atoms with Crippen LogP contribution in [0.3, 0.4) is 0 Å². The van der Waals surface area contributed by atoms with E-state index in [-0.39, 0.29) is 4.90 Å². The molecular weight excluding hydrogens is 310 g/mol. The van der Waals surface area contributed by atoms with E-state index in [0.717, 1.165) is 0 Å². The molecule has 0 bridgehead atoms. The van der Waals surface area contributed by atoms with Gasteiger partial charge in [0.2, 0.25) is 10.0 Å². The lowest BCUT2D eigenvalue weighted by Gasteiger charge is -2.19. The number of carbonyl (C=O) groups excluding carboxylic acids is 1. The molecule has 0 heterocycles. The van der Waals surface area contributed by atoms with Gasteiger partial charge >= 0.3 is 5.97 Å². The molecule has 8 heteroatoms. The number of rotatable bonds is 7. The molecule has 0 radical (unpaired) electrons. The van der Waals surface area contributed by atoms with Crippen molar-refractivity contribution in [1.29, 1.82) is 0 Å². The van der Waals surface area contributed by atoms with Crippen molar-refractivity contribution in [3.8, 4) is 5.75 Å². The van der Waals surface area contributed by atoms with Gasteiger partial charge in [0.05, 0.1) is 18.6 Å². The predicted octanol–water partition coefficient (Wildman–Crippen LogP) is 1.39. The third-order valence-corrected chi connectivity index (χ3v) is 4.21. The number of benzene rings is 1. The smallest absolute Gasteiger partial charge is 0.318 e. The van der Waals surface area contributed by atoms with E-state index < -0.39 is 34.9 Å². The van der Waals surface area contributed by atoms with E-state index in [0.29, 0.717) is 10.1 Å². The normalized spacial score (nSPS) is 10.6. The third kappa shape index (κ3) is 5.82. The number of carboxylic acids is 1. The highest BCUT2D eigenvalue weighted by Crippen LogP contribution is 2.19. The van der Waals surface area contributed by atoms with Gasteiger partial charge in [-0.15, -0.1) is 0 Å². The summed E-state index contributed by atoms with van der Waals surface area (Å²) in [7, 11) is -2.60. The van der Waals surface area contributed by atoms with Crippen LogP contribution in [0.4, 0.5) is 0 Å². The predicted molar refractivity (Wildman–Crippen MR) is 81.4 cm³/mol. The minimum atomic E-state index is -4.04. The second-order valence-electron chi connectivity index (χ2n) is 4.04. The number of ether oxygens (including phenoxy) is 1. The molecular formula is C14H21NO6S. The molecule has 124 valence electrons. The number of ketones is 1. The van der Waals surface area contributed by atoms with E-state index in [1.807, 2.05) is 13.8 Å². The van der Waals surface area contributed by atoms with Gasteiger partial charge in [0.25, 0.3) is 0 Å². The van der Waals surface area contributed by atoms with Crippen LogP contribution in [0.2, 0.25) is 0 Å². The number of Topliss-reactive ketones (excluding diaryl/α,β-unsaturated/α-hetero) is 1. The van der Waals surface area contributed by atoms with Crippen LogP contribution < -0.4 is 4.74 Å². The first kappa shape index (κ1) is 20.1. The maximum Gasteiger partial charge on any atom is 0.318 e. The van der Waals surface area contributed by atoms with Crippen LogP contribution in [0.15, 0.2) is 29.2 Å². The van der Waals surface area contributed by atoms with Gasteiger partial charge in [-0.2, -0.15) is 4.31 Å². The Kier molecular flexibility index (Phi) is 8.36. The summed E-state index contributed by atoms with van der Waals surface area (Å²) in [6.45, 7) is 3.94. The molecule has 0 saturated heterocycles. The Hall–Kier alpha value is -1.93. The van der Waals surface area contributed by atoms with Crippen molar-refractivity contribution >= 4 is 21.8 Å². The molecule has 0 spiro atoms. The van der Waals surface area contributed by atoms with Gasteiger partial charge in [-0.1, -0.05) is 13.8 Å².